The summed E-state index contributed by atoms with van der Waals surface area (Å²) in [4.78, 5) is 27.5. The largest absolute Gasteiger partial charge is 0.344 e. The zero-order valence-electron chi connectivity index (χ0n) is 18.1. The summed E-state index contributed by atoms with van der Waals surface area (Å²) in [6.45, 7) is 5.26. The number of piperidine rings is 1. The molecule has 3 rings (SSSR count). The number of rotatable bonds is 7. The molecule has 2 aromatic carbocycles. The topological polar surface area (TPSA) is 49.4 Å². The molecule has 0 saturated carbocycles. The Labute approximate surface area is 188 Å². The molecule has 0 spiro atoms. The summed E-state index contributed by atoms with van der Waals surface area (Å²) in [5, 5.41) is 3.65. The van der Waals surface area contributed by atoms with E-state index in [1.54, 1.807) is 12.1 Å². The highest BCUT2D eigenvalue weighted by Gasteiger charge is 2.31. The molecule has 166 valence electrons. The molecule has 0 aliphatic carbocycles. The van der Waals surface area contributed by atoms with Gasteiger partial charge >= 0.3 is 0 Å². The maximum atomic E-state index is 13.1. The molecule has 4 nitrogen and oxygen atoms in total. The molecule has 1 atom stereocenters. The number of likely N-dealkylation sites (tertiary alicyclic amines) is 1. The van der Waals surface area contributed by atoms with Gasteiger partial charge in [0.25, 0.3) is 0 Å². The zero-order valence-corrected chi connectivity index (χ0v) is 18.9. The molecule has 0 radical (unpaired) electrons. The van der Waals surface area contributed by atoms with Crippen LogP contribution in [-0.2, 0) is 16.0 Å². The Morgan fingerprint density at radius 2 is 1.68 bits per heavy atom. The van der Waals surface area contributed by atoms with E-state index in [1.165, 1.54) is 17.7 Å². The number of carbonyl (C=O) groups is 2. The minimum absolute atomic E-state index is 0.00346. The summed E-state index contributed by atoms with van der Waals surface area (Å²) < 4.78 is 13.0. The first-order chi connectivity index (χ1) is 14.8. The standard InChI is InChI=1S/C25H30ClFN2O2/c1-17(2)24(28-23(30)12-5-18-3-10-22(27)11-4-18)25(31)29-15-13-20(14-16-29)19-6-8-21(26)9-7-19/h3-4,6-11,17,20,24H,5,12-16H2,1-2H3,(H,28,30). The van der Waals surface area contributed by atoms with Crippen molar-refractivity contribution >= 4 is 23.4 Å². The third-order valence-corrected chi connectivity index (χ3v) is 6.20. The lowest BCUT2D eigenvalue weighted by atomic mass is 9.89. The third kappa shape index (κ3) is 6.54. The van der Waals surface area contributed by atoms with Gasteiger partial charge in [-0.3, -0.25) is 9.59 Å². The highest BCUT2D eigenvalue weighted by Crippen LogP contribution is 2.29. The van der Waals surface area contributed by atoms with Crippen molar-refractivity contribution in [1.29, 1.82) is 0 Å². The number of benzene rings is 2. The molecule has 31 heavy (non-hydrogen) atoms. The van der Waals surface area contributed by atoms with Crippen LogP contribution in [0.2, 0.25) is 5.02 Å². The number of amides is 2. The molecule has 1 heterocycles. The van der Waals surface area contributed by atoms with Gasteiger partial charge in [0.15, 0.2) is 0 Å². The van der Waals surface area contributed by atoms with E-state index in [0.717, 1.165) is 23.4 Å². The van der Waals surface area contributed by atoms with E-state index in [1.807, 2.05) is 30.9 Å². The van der Waals surface area contributed by atoms with Gasteiger partial charge in [0.2, 0.25) is 11.8 Å². The van der Waals surface area contributed by atoms with Crippen LogP contribution in [0, 0.1) is 11.7 Å². The van der Waals surface area contributed by atoms with E-state index >= 15 is 0 Å². The van der Waals surface area contributed by atoms with Crippen molar-refractivity contribution in [2.24, 2.45) is 5.92 Å². The molecular weight excluding hydrogens is 415 g/mol. The first kappa shape index (κ1) is 23.3. The van der Waals surface area contributed by atoms with Crippen molar-refractivity contribution in [1.82, 2.24) is 10.2 Å². The highest BCUT2D eigenvalue weighted by atomic mass is 35.5. The zero-order chi connectivity index (χ0) is 22.4. The average Bonchev–Trinajstić information content (AvgIpc) is 2.77. The van der Waals surface area contributed by atoms with Crippen LogP contribution in [0.1, 0.15) is 50.2 Å². The average molecular weight is 445 g/mol. The van der Waals surface area contributed by atoms with E-state index in [-0.39, 0.29) is 30.0 Å². The Hall–Kier alpha value is -2.40. The van der Waals surface area contributed by atoms with Crippen LogP contribution in [0.3, 0.4) is 0 Å². The number of halogens is 2. The Bertz CT molecular complexity index is 875. The molecular formula is C25H30ClFN2O2. The van der Waals surface area contributed by atoms with Crippen LogP contribution in [0.4, 0.5) is 4.39 Å². The lowest BCUT2D eigenvalue weighted by Gasteiger charge is -2.35. The Morgan fingerprint density at radius 1 is 1.06 bits per heavy atom. The molecule has 1 fully saturated rings. The van der Waals surface area contributed by atoms with Crippen molar-refractivity contribution in [2.45, 2.75) is 51.5 Å². The van der Waals surface area contributed by atoms with E-state index < -0.39 is 6.04 Å². The van der Waals surface area contributed by atoms with Crippen LogP contribution in [0.5, 0.6) is 0 Å². The predicted molar refractivity (Wildman–Crippen MR) is 121 cm³/mol. The molecule has 1 unspecified atom stereocenters. The van der Waals surface area contributed by atoms with Gasteiger partial charge in [0.05, 0.1) is 0 Å². The van der Waals surface area contributed by atoms with Crippen molar-refractivity contribution in [3.8, 4) is 0 Å². The van der Waals surface area contributed by atoms with Gasteiger partial charge in [-0.15, -0.1) is 0 Å². The highest BCUT2D eigenvalue weighted by molar-refractivity contribution is 6.30. The molecule has 0 bridgehead atoms. The Kier molecular flexibility index (Phi) is 8.08. The number of aryl methyl sites for hydroxylation is 1. The second-order valence-electron chi connectivity index (χ2n) is 8.57. The van der Waals surface area contributed by atoms with E-state index in [4.69, 9.17) is 11.6 Å². The predicted octanol–water partition coefficient (Wildman–Crippen LogP) is 4.96. The summed E-state index contributed by atoms with van der Waals surface area (Å²) in [6.07, 6.45) is 2.58. The molecule has 1 aliphatic heterocycles. The molecule has 6 heteroatoms. The molecule has 1 saturated heterocycles. The van der Waals surface area contributed by atoms with Gasteiger partial charge in [-0.2, -0.15) is 0 Å². The van der Waals surface area contributed by atoms with Gasteiger partial charge in [0, 0.05) is 24.5 Å². The van der Waals surface area contributed by atoms with Gasteiger partial charge in [-0.1, -0.05) is 49.7 Å². The molecule has 2 amide bonds. The minimum Gasteiger partial charge on any atom is -0.344 e. The summed E-state index contributed by atoms with van der Waals surface area (Å²) >= 11 is 5.98. The maximum Gasteiger partial charge on any atom is 0.245 e. The number of hydrogen-bond acceptors (Lipinski definition) is 2. The monoisotopic (exact) mass is 444 g/mol. The Morgan fingerprint density at radius 3 is 2.26 bits per heavy atom. The number of nitrogens with zero attached hydrogens (tertiary/aromatic N) is 1. The first-order valence-corrected chi connectivity index (χ1v) is 11.3. The second-order valence-corrected chi connectivity index (χ2v) is 9.00. The van der Waals surface area contributed by atoms with Crippen LogP contribution in [0.15, 0.2) is 48.5 Å². The van der Waals surface area contributed by atoms with Crippen molar-refractivity contribution in [2.75, 3.05) is 13.1 Å². The van der Waals surface area contributed by atoms with Gasteiger partial charge in [-0.25, -0.2) is 4.39 Å². The minimum atomic E-state index is -0.534. The summed E-state index contributed by atoms with van der Waals surface area (Å²) in [5.74, 6) is -0.0500. The van der Waals surface area contributed by atoms with Crippen molar-refractivity contribution < 1.29 is 14.0 Å². The fraction of sp³-hybridized carbons (Fsp3) is 0.440. The normalized spacial score (nSPS) is 15.7. The van der Waals surface area contributed by atoms with Gasteiger partial charge in [-0.05, 0) is 66.5 Å². The lowest BCUT2D eigenvalue weighted by Crippen LogP contribution is -2.52. The number of nitrogens with one attached hydrogen (secondary N) is 1. The van der Waals surface area contributed by atoms with E-state index in [0.29, 0.717) is 25.4 Å². The van der Waals surface area contributed by atoms with Crippen LogP contribution >= 0.6 is 11.6 Å². The quantitative estimate of drug-likeness (QED) is 0.656. The fourth-order valence-corrected chi connectivity index (χ4v) is 4.16. The lowest BCUT2D eigenvalue weighted by molar-refractivity contribution is -0.138. The van der Waals surface area contributed by atoms with Crippen molar-refractivity contribution in [3.05, 3.63) is 70.5 Å². The van der Waals surface area contributed by atoms with Gasteiger partial charge in [0.1, 0.15) is 11.9 Å². The third-order valence-electron chi connectivity index (χ3n) is 5.95. The summed E-state index contributed by atoms with van der Waals surface area (Å²) in [6, 6.07) is 13.5. The van der Waals surface area contributed by atoms with E-state index in [9.17, 15) is 14.0 Å². The molecule has 1 N–H and O–H groups in total. The molecule has 2 aromatic rings. The fourth-order valence-electron chi connectivity index (χ4n) is 4.03. The number of hydrogen-bond donors (Lipinski definition) is 1. The van der Waals surface area contributed by atoms with Crippen LogP contribution in [-0.4, -0.2) is 35.8 Å². The van der Waals surface area contributed by atoms with E-state index in [2.05, 4.69) is 17.4 Å². The molecule has 0 aromatic heterocycles. The van der Waals surface area contributed by atoms with Crippen molar-refractivity contribution in [3.63, 3.8) is 0 Å². The van der Waals surface area contributed by atoms with Crippen LogP contribution in [0.25, 0.3) is 0 Å². The van der Waals surface area contributed by atoms with Gasteiger partial charge < -0.3 is 10.2 Å². The molecule has 1 aliphatic rings. The maximum absolute atomic E-state index is 13.1. The second kappa shape index (κ2) is 10.8. The number of carbonyl (C=O) groups excluding carboxylic acids is 2. The SMILES string of the molecule is CC(C)C(NC(=O)CCc1ccc(F)cc1)C(=O)N1CCC(c2ccc(Cl)cc2)CC1. The smallest absolute Gasteiger partial charge is 0.245 e. The first-order valence-electron chi connectivity index (χ1n) is 10.9. The summed E-state index contributed by atoms with van der Waals surface area (Å²) in [5.41, 5.74) is 2.15. The summed E-state index contributed by atoms with van der Waals surface area (Å²) in [7, 11) is 0. The Balaban J connectivity index is 1.52. The van der Waals surface area contributed by atoms with Crippen LogP contribution < -0.4 is 5.32 Å².